The van der Waals surface area contributed by atoms with Crippen LogP contribution >= 0.6 is 12.2 Å². The minimum Gasteiger partial charge on any atom is -0.497 e. The van der Waals surface area contributed by atoms with Crippen molar-refractivity contribution in [1.29, 1.82) is 0 Å². The van der Waals surface area contributed by atoms with Crippen molar-refractivity contribution in [1.82, 2.24) is 14.9 Å². The normalized spacial score (nSPS) is 17.5. The van der Waals surface area contributed by atoms with Crippen LogP contribution in [-0.4, -0.2) is 28.9 Å². The molecule has 172 valence electrons. The van der Waals surface area contributed by atoms with E-state index in [0.29, 0.717) is 16.6 Å². The molecule has 4 aromatic rings. The first-order valence-corrected chi connectivity index (χ1v) is 11.2. The maximum absolute atomic E-state index is 13.6. The van der Waals surface area contributed by atoms with Crippen molar-refractivity contribution in [2.45, 2.75) is 12.1 Å². The van der Waals surface area contributed by atoms with E-state index in [4.69, 9.17) is 21.7 Å². The SMILES string of the molecule is COc1ccc(N2C(=S)NC(c3ccccn3)C2c2cccn2-c2ccc(F)cc2)c(OC)c1. The minimum absolute atomic E-state index is 0.227. The standard InChI is InChI=1S/C26H23FN4O2S/c1-32-19-12-13-21(23(16-19)33-2)31-25(24(29-26(31)34)20-6-3-4-14-28-20)22-7-5-15-30(22)18-10-8-17(27)9-11-18/h3-16,24-25H,1-2H3,(H,29,34). The lowest BCUT2D eigenvalue weighted by Gasteiger charge is -2.30. The predicted molar refractivity (Wildman–Crippen MR) is 133 cm³/mol. The van der Waals surface area contributed by atoms with Gasteiger partial charge in [-0.15, -0.1) is 0 Å². The Hall–Kier alpha value is -3.91. The number of anilines is 1. The number of benzene rings is 2. The van der Waals surface area contributed by atoms with E-state index in [0.717, 1.165) is 22.8 Å². The largest absolute Gasteiger partial charge is 0.497 e. The summed E-state index contributed by atoms with van der Waals surface area (Å²) in [5.74, 6) is 1.04. The lowest BCUT2D eigenvalue weighted by atomic mass is 10.0. The van der Waals surface area contributed by atoms with E-state index in [9.17, 15) is 4.39 Å². The third-order valence-electron chi connectivity index (χ3n) is 5.93. The van der Waals surface area contributed by atoms with Gasteiger partial charge in [-0.05, 0) is 72.9 Å². The second-order valence-electron chi connectivity index (χ2n) is 7.81. The van der Waals surface area contributed by atoms with Gasteiger partial charge >= 0.3 is 0 Å². The zero-order valence-electron chi connectivity index (χ0n) is 18.7. The molecule has 5 rings (SSSR count). The van der Waals surface area contributed by atoms with E-state index in [1.165, 1.54) is 12.1 Å². The van der Waals surface area contributed by atoms with Gasteiger partial charge in [0.1, 0.15) is 23.4 Å². The monoisotopic (exact) mass is 474 g/mol. The summed E-state index contributed by atoms with van der Waals surface area (Å²) in [6.45, 7) is 0. The second kappa shape index (κ2) is 9.15. The van der Waals surface area contributed by atoms with Gasteiger partial charge in [-0.25, -0.2) is 4.39 Å². The number of thiocarbonyl (C=S) groups is 1. The number of methoxy groups -OCH3 is 2. The Labute approximate surface area is 202 Å². The molecule has 0 amide bonds. The molecular formula is C26H23FN4O2S. The molecule has 1 aliphatic rings. The molecule has 2 aromatic heterocycles. The number of nitrogens with zero attached hydrogens (tertiary/aromatic N) is 3. The Morgan fingerprint density at radius 3 is 2.50 bits per heavy atom. The molecule has 1 fully saturated rings. The number of nitrogens with one attached hydrogen (secondary N) is 1. The zero-order valence-corrected chi connectivity index (χ0v) is 19.5. The van der Waals surface area contributed by atoms with E-state index in [1.54, 1.807) is 32.5 Å². The van der Waals surface area contributed by atoms with Crippen LogP contribution in [-0.2, 0) is 0 Å². The molecule has 2 atom stereocenters. The lowest BCUT2D eigenvalue weighted by Crippen LogP contribution is -2.30. The third-order valence-corrected chi connectivity index (χ3v) is 6.25. The minimum atomic E-state index is -0.280. The molecule has 0 saturated carbocycles. The average molecular weight is 475 g/mol. The van der Waals surface area contributed by atoms with Crippen molar-refractivity contribution >= 4 is 23.0 Å². The molecule has 0 aliphatic carbocycles. The van der Waals surface area contributed by atoms with Crippen LogP contribution in [0.3, 0.4) is 0 Å². The molecule has 1 saturated heterocycles. The zero-order chi connectivity index (χ0) is 23.7. The van der Waals surface area contributed by atoms with Crippen molar-refractivity contribution in [3.8, 4) is 17.2 Å². The summed E-state index contributed by atoms with van der Waals surface area (Å²) in [5.41, 5.74) is 3.47. The molecule has 3 heterocycles. The van der Waals surface area contributed by atoms with Crippen LogP contribution in [0.1, 0.15) is 23.5 Å². The molecule has 8 heteroatoms. The number of hydrogen-bond donors (Lipinski definition) is 1. The fourth-order valence-electron chi connectivity index (χ4n) is 4.37. The number of aromatic nitrogens is 2. The Morgan fingerprint density at radius 2 is 1.79 bits per heavy atom. The lowest BCUT2D eigenvalue weighted by molar-refractivity contribution is 0.394. The average Bonchev–Trinajstić information content (AvgIpc) is 3.49. The number of hydrogen-bond acceptors (Lipinski definition) is 4. The molecule has 2 aromatic carbocycles. The van der Waals surface area contributed by atoms with Crippen LogP contribution in [0.5, 0.6) is 11.5 Å². The summed E-state index contributed by atoms with van der Waals surface area (Å²) in [7, 11) is 3.24. The van der Waals surface area contributed by atoms with Crippen molar-refractivity contribution in [2.75, 3.05) is 19.1 Å². The van der Waals surface area contributed by atoms with Gasteiger partial charge in [0.2, 0.25) is 0 Å². The van der Waals surface area contributed by atoms with Gasteiger partial charge in [-0.2, -0.15) is 0 Å². The van der Waals surface area contributed by atoms with Crippen LogP contribution in [0, 0.1) is 5.82 Å². The highest BCUT2D eigenvalue weighted by Gasteiger charge is 2.43. The van der Waals surface area contributed by atoms with Gasteiger partial charge in [0, 0.05) is 29.8 Å². The second-order valence-corrected chi connectivity index (χ2v) is 8.20. The van der Waals surface area contributed by atoms with Gasteiger partial charge in [-0.1, -0.05) is 6.07 Å². The summed E-state index contributed by atoms with van der Waals surface area (Å²) in [6, 6.07) is 21.4. The highest BCUT2D eigenvalue weighted by molar-refractivity contribution is 7.80. The Bertz CT molecular complexity index is 1310. The van der Waals surface area contributed by atoms with Crippen LogP contribution in [0.4, 0.5) is 10.1 Å². The molecule has 0 radical (unpaired) electrons. The predicted octanol–water partition coefficient (Wildman–Crippen LogP) is 5.21. The first-order chi connectivity index (χ1) is 16.6. The van der Waals surface area contributed by atoms with E-state index >= 15 is 0 Å². The molecule has 1 N–H and O–H groups in total. The molecule has 6 nitrogen and oxygen atoms in total. The van der Waals surface area contributed by atoms with Gasteiger partial charge < -0.3 is 24.3 Å². The van der Waals surface area contributed by atoms with Gasteiger partial charge in [0.25, 0.3) is 0 Å². The van der Waals surface area contributed by atoms with Gasteiger partial charge in [-0.3, -0.25) is 4.98 Å². The topological polar surface area (TPSA) is 51.5 Å². The molecule has 0 bridgehead atoms. The molecule has 34 heavy (non-hydrogen) atoms. The highest BCUT2D eigenvalue weighted by atomic mass is 32.1. The van der Waals surface area contributed by atoms with E-state index in [-0.39, 0.29) is 17.9 Å². The number of ether oxygens (including phenoxy) is 2. The number of rotatable bonds is 6. The van der Waals surface area contributed by atoms with Crippen molar-refractivity contribution in [3.63, 3.8) is 0 Å². The first kappa shape index (κ1) is 21.9. The summed E-state index contributed by atoms with van der Waals surface area (Å²) in [5, 5.41) is 4.01. The number of pyridine rings is 1. The molecular weight excluding hydrogens is 451 g/mol. The quantitative estimate of drug-likeness (QED) is 0.388. The Morgan fingerprint density at radius 1 is 0.971 bits per heavy atom. The molecule has 2 unspecified atom stereocenters. The van der Waals surface area contributed by atoms with Crippen LogP contribution in [0.25, 0.3) is 5.69 Å². The summed E-state index contributed by atoms with van der Waals surface area (Å²) in [6.07, 6.45) is 3.73. The van der Waals surface area contributed by atoms with Gasteiger partial charge in [0.05, 0.1) is 31.6 Å². The first-order valence-electron chi connectivity index (χ1n) is 10.8. The Kier molecular flexibility index (Phi) is 5.90. The highest BCUT2D eigenvalue weighted by Crippen LogP contribution is 2.45. The number of halogens is 1. The maximum Gasteiger partial charge on any atom is 0.174 e. The van der Waals surface area contributed by atoms with Crippen LogP contribution < -0.4 is 19.7 Å². The van der Waals surface area contributed by atoms with Crippen molar-refractivity contribution in [2.24, 2.45) is 0 Å². The molecule has 0 spiro atoms. The van der Waals surface area contributed by atoms with Gasteiger partial charge in [0.15, 0.2) is 5.11 Å². The summed E-state index contributed by atoms with van der Waals surface area (Å²) < 4.78 is 26.8. The van der Waals surface area contributed by atoms with Crippen LogP contribution in [0.15, 0.2) is 85.2 Å². The van der Waals surface area contributed by atoms with E-state index < -0.39 is 0 Å². The third kappa shape index (κ3) is 3.86. The van der Waals surface area contributed by atoms with Crippen molar-refractivity contribution < 1.29 is 13.9 Å². The van der Waals surface area contributed by atoms with Crippen LogP contribution in [0.2, 0.25) is 0 Å². The smallest absolute Gasteiger partial charge is 0.174 e. The fourth-order valence-corrected chi connectivity index (χ4v) is 4.71. The van der Waals surface area contributed by atoms with E-state index in [2.05, 4.69) is 10.3 Å². The Balaban J connectivity index is 1.68. The summed E-state index contributed by atoms with van der Waals surface area (Å²) in [4.78, 5) is 6.65. The maximum atomic E-state index is 13.6. The van der Waals surface area contributed by atoms with Crippen molar-refractivity contribution in [3.05, 3.63) is 102 Å². The summed E-state index contributed by atoms with van der Waals surface area (Å²) >= 11 is 5.84. The van der Waals surface area contributed by atoms with E-state index in [1.807, 2.05) is 64.2 Å². The fraction of sp³-hybridized carbons (Fsp3) is 0.154. The molecule has 1 aliphatic heterocycles.